The Labute approximate surface area is 266 Å². The quantitative estimate of drug-likeness (QED) is 0.0969. The van der Waals surface area contributed by atoms with E-state index in [1.807, 2.05) is 6.92 Å². The van der Waals surface area contributed by atoms with Crippen molar-refractivity contribution in [2.24, 2.45) is 28.6 Å². The summed E-state index contributed by atoms with van der Waals surface area (Å²) >= 11 is 0. The van der Waals surface area contributed by atoms with Gasteiger partial charge in [0.2, 0.25) is 5.78 Å². The molecule has 0 bridgehead atoms. The Morgan fingerprint density at radius 2 is 1.59 bits per heavy atom. The van der Waals surface area contributed by atoms with Gasteiger partial charge in [-0.2, -0.15) is 0 Å². The van der Waals surface area contributed by atoms with Crippen LogP contribution in [0.1, 0.15) is 84.5 Å². The summed E-state index contributed by atoms with van der Waals surface area (Å²) in [6, 6.07) is 0. The van der Waals surface area contributed by atoms with Gasteiger partial charge < -0.3 is 19.3 Å². The molecular weight excluding hydrogens is 612 g/mol. The number of fused-ring (bicyclic) bond motifs is 5. The first-order valence-electron chi connectivity index (χ1n) is 15.8. The first kappa shape index (κ1) is 36.3. The van der Waals surface area contributed by atoms with E-state index in [1.54, 1.807) is 6.08 Å². The summed E-state index contributed by atoms with van der Waals surface area (Å²) in [5.41, 5.74) is -1.99. The van der Waals surface area contributed by atoms with Crippen LogP contribution in [0.2, 0.25) is 0 Å². The van der Waals surface area contributed by atoms with Gasteiger partial charge in [-0.1, -0.05) is 19.4 Å². The number of hydrogen-bond acceptors (Lipinski definition) is 16. The molecular formula is C30H46N2O14. The van der Waals surface area contributed by atoms with Crippen molar-refractivity contribution in [3.05, 3.63) is 11.6 Å². The van der Waals surface area contributed by atoms with Crippen molar-refractivity contribution < 1.29 is 69.0 Å². The molecule has 4 aliphatic rings. The van der Waals surface area contributed by atoms with E-state index < -0.39 is 52.4 Å². The number of ether oxygens (including phenoxy) is 3. The van der Waals surface area contributed by atoms with Gasteiger partial charge in [0.05, 0.1) is 36.7 Å². The van der Waals surface area contributed by atoms with E-state index in [9.17, 15) is 24.3 Å². The second-order valence-electron chi connectivity index (χ2n) is 13.2. The van der Waals surface area contributed by atoms with Crippen molar-refractivity contribution >= 4 is 23.7 Å². The molecule has 4 rings (SSSR count). The summed E-state index contributed by atoms with van der Waals surface area (Å²) in [6.45, 7) is 2.91. The van der Waals surface area contributed by atoms with Crippen LogP contribution in [0.3, 0.4) is 0 Å². The molecule has 0 aromatic carbocycles. The largest absolute Gasteiger partial charge is 0.508 e. The van der Waals surface area contributed by atoms with E-state index in [0.29, 0.717) is 44.9 Å². The molecule has 0 amide bonds. The molecule has 0 aliphatic heterocycles. The number of allylic oxidation sites excluding steroid dienone is 1. The van der Waals surface area contributed by atoms with E-state index >= 15 is 0 Å². The summed E-state index contributed by atoms with van der Waals surface area (Å²) in [6.07, 6.45) is 3.63. The number of ketones is 2. The van der Waals surface area contributed by atoms with Crippen molar-refractivity contribution in [3.8, 4) is 0 Å². The second-order valence-corrected chi connectivity index (χ2v) is 13.2. The number of nitrogens with zero attached hydrogens (tertiary/aromatic N) is 2. The van der Waals surface area contributed by atoms with Gasteiger partial charge in [-0.25, -0.2) is 4.79 Å². The Balaban J connectivity index is 1.50. The third-order valence-electron chi connectivity index (χ3n) is 10.8. The highest BCUT2D eigenvalue weighted by molar-refractivity contribution is 5.93. The van der Waals surface area contributed by atoms with Gasteiger partial charge in [0, 0.05) is 18.3 Å². The SMILES string of the molecule is C[C@]12CCC(=O)C=C1CCC1C3CC[C@](OC(=O)CCCON(O)O)(C(=O)COC(=O)OCCCCON(O)O)[C@@]3(C)C[C@H](O)[C@@H]12. The lowest BCUT2D eigenvalue weighted by molar-refractivity contribution is -0.492. The molecule has 0 aromatic heterocycles. The molecule has 3 saturated carbocycles. The van der Waals surface area contributed by atoms with Crippen LogP contribution in [0.25, 0.3) is 0 Å². The van der Waals surface area contributed by atoms with Crippen molar-refractivity contribution in [2.75, 3.05) is 26.4 Å². The van der Waals surface area contributed by atoms with Crippen LogP contribution < -0.4 is 0 Å². The van der Waals surface area contributed by atoms with E-state index in [-0.39, 0.29) is 74.5 Å². The molecule has 260 valence electrons. The van der Waals surface area contributed by atoms with Gasteiger partial charge in [0.15, 0.2) is 18.0 Å². The van der Waals surface area contributed by atoms with Crippen LogP contribution in [-0.2, 0) is 38.3 Å². The van der Waals surface area contributed by atoms with Crippen LogP contribution >= 0.6 is 0 Å². The third-order valence-corrected chi connectivity index (χ3v) is 10.8. The molecule has 0 spiro atoms. The number of esters is 1. The monoisotopic (exact) mass is 658 g/mol. The number of carbonyl (C=O) groups is 4. The minimum absolute atomic E-state index is 0.00424. The fourth-order valence-electron chi connectivity index (χ4n) is 8.75. The topological polar surface area (TPSA) is 222 Å². The first-order valence-corrected chi connectivity index (χ1v) is 15.8. The lowest BCUT2D eigenvalue weighted by atomic mass is 9.45. The zero-order chi connectivity index (χ0) is 33.7. The molecule has 16 heteroatoms. The maximum Gasteiger partial charge on any atom is 0.508 e. The minimum Gasteiger partial charge on any atom is -0.450 e. The highest BCUT2D eigenvalue weighted by Gasteiger charge is 2.70. The van der Waals surface area contributed by atoms with Crippen LogP contribution in [0.5, 0.6) is 0 Å². The van der Waals surface area contributed by atoms with E-state index in [0.717, 1.165) is 5.57 Å². The van der Waals surface area contributed by atoms with Gasteiger partial charge in [0.1, 0.15) is 0 Å². The zero-order valence-electron chi connectivity index (χ0n) is 26.3. The predicted octanol–water partition coefficient (Wildman–Crippen LogP) is 3.08. The fraction of sp³-hybridized carbons (Fsp3) is 0.800. The molecule has 5 N–H and O–H groups in total. The van der Waals surface area contributed by atoms with E-state index in [2.05, 4.69) is 16.6 Å². The Morgan fingerprint density at radius 1 is 0.913 bits per heavy atom. The summed E-state index contributed by atoms with van der Waals surface area (Å²) in [5, 5.41) is 45.5. The maximum atomic E-state index is 14.1. The molecule has 4 aliphatic carbocycles. The average molecular weight is 659 g/mol. The number of carbonyl (C=O) groups excluding carboxylic acids is 4. The molecule has 2 unspecified atom stereocenters. The van der Waals surface area contributed by atoms with Gasteiger partial charge in [-0.05, 0) is 87.0 Å². The number of aliphatic hydroxyl groups excluding tert-OH is 1. The molecule has 0 saturated heterocycles. The van der Waals surface area contributed by atoms with Crippen LogP contribution in [-0.4, -0.2) is 98.5 Å². The van der Waals surface area contributed by atoms with Gasteiger partial charge >= 0.3 is 12.1 Å². The highest BCUT2D eigenvalue weighted by Crippen LogP contribution is 2.68. The predicted molar refractivity (Wildman–Crippen MR) is 150 cm³/mol. The number of hydrogen-bond donors (Lipinski definition) is 5. The van der Waals surface area contributed by atoms with Crippen LogP contribution in [0.15, 0.2) is 11.6 Å². The van der Waals surface area contributed by atoms with Crippen molar-refractivity contribution in [1.29, 1.82) is 0 Å². The van der Waals surface area contributed by atoms with E-state index in [1.165, 1.54) is 0 Å². The molecule has 0 aromatic rings. The highest BCUT2D eigenvalue weighted by atomic mass is 17.1. The third kappa shape index (κ3) is 7.61. The van der Waals surface area contributed by atoms with Crippen LogP contribution in [0, 0.1) is 28.6 Å². The Kier molecular flexibility index (Phi) is 11.9. The Morgan fingerprint density at radius 3 is 2.28 bits per heavy atom. The summed E-state index contributed by atoms with van der Waals surface area (Å²) in [5.74, 6) is -1.49. The summed E-state index contributed by atoms with van der Waals surface area (Å²) in [4.78, 5) is 60.7. The Bertz CT molecular complexity index is 1160. The van der Waals surface area contributed by atoms with Crippen molar-refractivity contribution in [3.63, 3.8) is 0 Å². The van der Waals surface area contributed by atoms with Crippen molar-refractivity contribution in [1.82, 2.24) is 10.8 Å². The standard InChI is InChI=1S/C30H46N2O14/c1-28-11-9-20(33)16-19(28)7-8-21-22-10-12-30(29(22,2)17-23(34)26(21)28,46-25(36)6-5-15-45-32(40)41)24(35)18-43-27(37)42-13-3-4-14-44-31(38)39/h16,21-23,26,34,38-41H,3-15,17-18H2,1-2H3/t21?,22?,23-,26+,28-,29-,30-/m0/s1. The Hall–Kier alpha value is -2.54. The molecule has 0 radical (unpaired) electrons. The summed E-state index contributed by atoms with van der Waals surface area (Å²) < 4.78 is 16.2. The number of Topliss-reactive ketones (excluding diaryl/α,β-unsaturated/α-hetero) is 1. The number of rotatable bonds is 15. The first-order chi connectivity index (χ1) is 21.7. The fourth-order valence-corrected chi connectivity index (χ4v) is 8.75. The molecule has 16 nitrogen and oxygen atoms in total. The zero-order valence-corrected chi connectivity index (χ0v) is 26.3. The lowest BCUT2D eigenvalue weighted by Crippen LogP contribution is -2.63. The smallest absolute Gasteiger partial charge is 0.450 e. The minimum atomic E-state index is -1.71. The second kappa shape index (κ2) is 15.1. The van der Waals surface area contributed by atoms with E-state index in [4.69, 9.17) is 35.0 Å². The maximum absolute atomic E-state index is 14.1. The van der Waals surface area contributed by atoms with Crippen molar-refractivity contribution in [2.45, 2.75) is 96.2 Å². The molecule has 0 heterocycles. The summed E-state index contributed by atoms with van der Waals surface area (Å²) in [7, 11) is 0. The van der Waals surface area contributed by atoms with Gasteiger partial charge in [0.25, 0.3) is 0 Å². The number of aliphatic hydroxyl groups is 1. The molecule has 46 heavy (non-hydrogen) atoms. The number of unbranched alkanes of at least 4 members (excludes halogenated alkanes) is 1. The normalized spacial score (nSPS) is 33.6. The van der Waals surface area contributed by atoms with Gasteiger partial charge in [-0.3, -0.25) is 44.9 Å². The van der Waals surface area contributed by atoms with Crippen LogP contribution in [0.4, 0.5) is 4.79 Å². The average Bonchev–Trinajstić information content (AvgIpc) is 3.27. The van der Waals surface area contributed by atoms with Gasteiger partial charge in [-0.15, -0.1) is 0 Å². The lowest BCUT2D eigenvalue weighted by Gasteiger charge is -2.60. The molecule has 7 atom stereocenters. The molecule has 3 fully saturated rings.